The second kappa shape index (κ2) is 9.55. The highest BCUT2D eigenvalue weighted by Crippen LogP contribution is 2.49. The largest absolute Gasteiger partial charge is 0.340 e. The van der Waals surface area contributed by atoms with Gasteiger partial charge in [-0.05, 0) is 42.3 Å². The summed E-state index contributed by atoms with van der Waals surface area (Å²) in [6.07, 6.45) is 4.27. The number of pyridine rings is 1. The Hall–Kier alpha value is -2.85. The second-order valence-electron chi connectivity index (χ2n) is 8.57. The van der Waals surface area contributed by atoms with Crippen LogP contribution in [-0.4, -0.2) is 32.4 Å². The molecule has 1 fully saturated rings. The van der Waals surface area contributed by atoms with Gasteiger partial charge in [0.2, 0.25) is 15.8 Å². The molecule has 0 radical (unpaired) electrons. The van der Waals surface area contributed by atoms with Crippen LogP contribution in [0.4, 0.5) is 14.5 Å². The van der Waals surface area contributed by atoms with Gasteiger partial charge in [-0.2, -0.15) is 0 Å². The first kappa shape index (κ1) is 24.8. The molecule has 0 saturated carbocycles. The van der Waals surface area contributed by atoms with E-state index in [1.165, 1.54) is 0 Å². The standard InChI is InChI=1S/C26H23ClF2N2O4S/c1-2-13-36(32,33)31-23-10-8-21(28)24(25(23)29)26(34-11-12-35-26)20-7-9-22-19(20)14-17(15-30-22)16-3-5-18(27)6-4-16/h3-8,10,14-15,31H,2,9,11-13H2,1H3. The molecule has 0 unspecified atom stereocenters. The quantitative estimate of drug-likeness (QED) is 0.424. The lowest BCUT2D eigenvalue weighted by Gasteiger charge is -2.31. The molecule has 0 amide bonds. The van der Waals surface area contributed by atoms with E-state index >= 15 is 8.78 Å². The number of fused-ring (bicyclic) bond motifs is 1. The maximum atomic E-state index is 15.8. The van der Waals surface area contributed by atoms with Crippen LogP contribution in [0.25, 0.3) is 16.7 Å². The number of hydrogen-bond acceptors (Lipinski definition) is 5. The number of sulfonamides is 1. The van der Waals surface area contributed by atoms with Gasteiger partial charge in [-0.3, -0.25) is 9.71 Å². The number of allylic oxidation sites excluding steroid dienone is 1. The van der Waals surface area contributed by atoms with Crippen molar-refractivity contribution >= 4 is 32.9 Å². The first-order chi connectivity index (χ1) is 17.2. The summed E-state index contributed by atoms with van der Waals surface area (Å²) >= 11 is 6.02. The predicted octanol–water partition coefficient (Wildman–Crippen LogP) is 5.67. The number of hydrogen-bond donors (Lipinski definition) is 1. The Morgan fingerprint density at radius 3 is 2.50 bits per heavy atom. The normalized spacial score (nSPS) is 16.6. The monoisotopic (exact) mass is 532 g/mol. The molecule has 1 aliphatic carbocycles. The Morgan fingerprint density at radius 2 is 1.81 bits per heavy atom. The molecule has 188 valence electrons. The van der Waals surface area contributed by atoms with E-state index in [1.54, 1.807) is 31.3 Å². The maximum Gasteiger partial charge on any atom is 0.232 e. The summed E-state index contributed by atoms with van der Waals surface area (Å²) in [6.45, 7) is 1.89. The van der Waals surface area contributed by atoms with Gasteiger partial charge < -0.3 is 9.47 Å². The summed E-state index contributed by atoms with van der Waals surface area (Å²) in [4.78, 5) is 4.56. The molecule has 1 N–H and O–H groups in total. The molecule has 0 atom stereocenters. The fourth-order valence-electron chi connectivity index (χ4n) is 4.58. The van der Waals surface area contributed by atoms with Gasteiger partial charge in [0.05, 0.1) is 35.9 Å². The van der Waals surface area contributed by atoms with Crippen LogP contribution in [0.3, 0.4) is 0 Å². The third-order valence-corrected chi connectivity index (χ3v) is 7.87. The maximum absolute atomic E-state index is 15.8. The van der Waals surface area contributed by atoms with E-state index in [0.29, 0.717) is 34.7 Å². The van der Waals surface area contributed by atoms with Crippen molar-refractivity contribution in [2.45, 2.75) is 25.6 Å². The molecule has 0 bridgehead atoms. The van der Waals surface area contributed by atoms with Gasteiger partial charge in [0.25, 0.3) is 0 Å². The molecule has 0 spiro atoms. The molecule has 1 saturated heterocycles. The zero-order valence-electron chi connectivity index (χ0n) is 19.4. The zero-order chi connectivity index (χ0) is 25.5. The zero-order valence-corrected chi connectivity index (χ0v) is 20.9. The highest BCUT2D eigenvalue weighted by molar-refractivity contribution is 7.92. The van der Waals surface area contributed by atoms with Crippen molar-refractivity contribution in [2.75, 3.05) is 23.7 Å². The summed E-state index contributed by atoms with van der Waals surface area (Å²) in [5.74, 6) is -4.10. The van der Waals surface area contributed by atoms with Crippen LogP contribution in [0.2, 0.25) is 5.02 Å². The molecular formula is C26H23ClF2N2O4S. The number of ether oxygens (including phenoxy) is 2. The Bertz CT molecular complexity index is 1450. The van der Waals surface area contributed by atoms with E-state index < -0.39 is 33.0 Å². The third kappa shape index (κ3) is 4.41. The molecule has 6 nitrogen and oxygen atoms in total. The predicted molar refractivity (Wildman–Crippen MR) is 134 cm³/mol. The number of halogens is 3. The topological polar surface area (TPSA) is 77.5 Å². The van der Waals surface area contributed by atoms with Gasteiger partial charge in [-0.25, -0.2) is 17.2 Å². The third-order valence-electron chi connectivity index (χ3n) is 6.14. The van der Waals surface area contributed by atoms with Gasteiger partial charge in [-0.15, -0.1) is 0 Å². The van der Waals surface area contributed by atoms with Gasteiger partial charge in [0.1, 0.15) is 5.82 Å². The lowest BCUT2D eigenvalue weighted by Crippen LogP contribution is -2.32. The molecule has 2 heterocycles. The van der Waals surface area contributed by atoms with E-state index in [0.717, 1.165) is 23.3 Å². The Balaban J connectivity index is 1.62. The van der Waals surface area contributed by atoms with Crippen LogP contribution in [0.1, 0.15) is 30.2 Å². The molecule has 1 aromatic heterocycles. The van der Waals surface area contributed by atoms with Gasteiger partial charge in [-0.1, -0.05) is 36.7 Å². The SMILES string of the molecule is CCCS(=O)(=O)Nc1ccc(F)c(C2(C3=CCc4ncc(-c5ccc(Cl)cc5)cc43)OCCO2)c1F. The Kier molecular flexibility index (Phi) is 6.59. The molecule has 5 rings (SSSR count). The van der Waals surface area contributed by atoms with Crippen LogP contribution in [0.5, 0.6) is 0 Å². The Morgan fingerprint density at radius 1 is 1.08 bits per heavy atom. The molecule has 10 heteroatoms. The fraction of sp³-hybridized carbons (Fsp3) is 0.269. The van der Waals surface area contributed by atoms with Crippen molar-refractivity contribution in [3.8, 4) is 11.1 Å². The number of rotatable bonds is 7. The van der Waals surface area contributed by atoms with Crippen LogP contribution in [-0.2, 0) is 31.7 Å². The summed E-state index contributed by atoms with van der Waals surface area (Å²) < 4.78 is 69.8. The Labute approximate surface area is 213 Å². The molecule has 1 aliphatic heterocycles. The molecule has 2 aromatic carbocycles. The number of nitrogens with one attached hydrogen (secondary N) is 1. The minimum atomic E-state index is -3.82. The van der Waals surface area contributed by atoms with Gasteiger partial charge in [0.15, 0.2) is 5.82 Å². The van der Waals surface area contributed by atoms with Crippen molar-refractivity contribution in [1.82, 2.24) is 4.98 Å². The van der Waals surface area contributed by atoms with E-state index in [9.17, 15) is 8.42 Å². The molecule has 2 aliphatic rings. The van der Waals surface area contributed by atoms with Crippen molar-refractivity contribution in [3.05, 3.63) is 88.2 Å². The summed E-state index contributed by atoms with van der Waals surface area (Å²) in [5.41, 5.74) is 2.55. The second-order valence-corrected chi connectivity index (χ2v) is 10.8. The van der Waals surface area contributed by atoms with Crippen LogP contribution in [0.15, 0.2) is 54.7 Å². The minimum Gasteiger partial charge on any atom is -0.340 e. The lowest BCUT2D eigenvalue weighted by atomic mass is 9.91. The van der Waals surface area contributed by atoms with Crippen LogP contribution < -0.4 is 4.72 Å². The van der Waals surface area contributed by atoms with E-state index in [-0.39, 0.29) is 24.7 Å². The number of nitrogens with zero attached hydrogens (tertiary/aromatic N) is 1. The van der Waals surface area contributed by atoms with Crippen LogP contribution >= 0.6 is 11.6 Å². The van der Waals surface area contributed by atoms with Crippen LogP contribution in [0, 0.1) is 11.6 Å². The highest BCUT2D eigenvalue weighted by atomic mass is 35.5. The lowest BCUT2D eigenvalue weighted by molar-refractivity contribution is -0.117. The van der Waals surface area contributed by atoms with Crippen molar-refractivity contribution in [3.63, 3.8) is 0 Å². The van der Waals surface area contributed by atoms with E-state index in [2.05, 4.69) is 9.71 Å². The number of anilines is 1. The average molecular weight is 533 g/mol. The van der Waals surface area contributed by atoms with Gasteiger partial charge >= 0.3 is 0 Å². The first-order valence-corrected chi connectivity index (χ1v) is 13.5. The van der Waals surface area contributed by atoms with Gasteiger partial charge in [0, 0.05) is 34.3 Å². The number of benzene rings is 2. The summed E-state index contributed by atoms with van der Waals surface area (Å²) in [7, 11) is -3.82. The molecular weight excluding hydrogens is 510 g/mol. The summed E-state index contributed by atoms with van der Waals surface area (Å²) in [5, 5.41) is 0.598. The fourth-order valence-corrected chi connectivity index (χ4v) is 5.83. The minimum absolute atomic E-state index is 0.0989. The van der Waals surface area contributed by atoms with Crippen molar-refractivity contribution in [2.24, 2.45) is 0 Å². The first-order valence-electron chi connectivity index (χ1n) is 11.5. The van der Waals surface area contributed by atoms with Crippen molar-refractivity contribution in [1.29, 1.82) is 0 Å². The smallest absolute Gasteiger partial charge is 0.232 e. The number of aromatic nitrogens is 1. The average Bonchev–Trinajstić information content (AvgIpc) is 3.49. The van der Waals surface area contributed by atoms with Crippen molar-refractivity contribution < 1.29 is 26.7 Å². The van der Waals surface area contributed by atoms with E-state index in [4.69, 9.17) is 21.1 Å². The molecule has 36 heavy (non-hydrogen) atoms. The summed E-state index contributed by atoms with van der Waals surface area (Å²) in [6, 6.07) is 11.2. The van der Waals surface area contributed by atoms with E-state index in [1.807, 2.05) is 18.2 Å². The molecule has 3 aromatic rings. The highest BCUT2D eigenvalue weighted by Gasteiger charge is 2.49.